The first kappa shape index (κ1) is 16.7. The molecule has 4 nitrogen and oxygen atoms in total. The highest BCUT2D eigenvalue weighted by molar-refractivity contribution is 6.35. The smallest absolute Gasteiger partial charge is 0.163 e. The van der Waals surface area contributed by atoms with E-state index in [9.17, 15) is 19.2 Å². The lowest BCUT2D eigenvalue weighted by Crippen LogP contribution is -2.60. The van der Waals surface area contributed by atoms with Gasteiger partial charge in [0, 0.05) is 5.92 Å². The van der Waals surface area contributed by atoms with Gasteiger partial charge in [-0.25, -0.2) is 0 Å². The number of Topliss-reactive ketones (excluding diaryl/α,β-unsaturated/α-hetero) is 4. The fourth-order valence-electron chi connectivity index (χ4n) is 2.70. The van der Waals surface area contributed by atoms with Crippen LogP contribution in [0.1, 0.15) is 48.5 Å². The van der Waals surface area contributed by atoms with E-state index in [1.54, 1.807) is 6.92 Å². The standard InChI is InChI=1S/C16H24O4/c1-8(2)9(3)11(17)10-12(18)15(4,5)14(20)16(6,7)13(10)19/h8-10H,1-7H3. The Hall–Kier alpha value is -1.32. The fourth-order valence-corrected chi connectivity index (χ4v) is 2.70. The molecule has 1 aliphatic rings. The zero-order chi connectivity index (χ0) is 16.0. The van der Waals surface area contributed by atoms with Crippen LogP contribution in [-0.2, 0) is 19.2 Å². The lowest BCUT2D eigenvalue weighted by molar-refractivity contribution is -0.162. The van der Waals surface area contributed by atoms with Crippen molar-refractivity contribution in [3.05, 3.63) is 0 Å². The summed E-state index contributed by atoms with van der Waals surface area (Å²) in [6.45, 7) is 11.5. The van der Waals surface area contributed by atoms with Gasteiger partial charge in [-0.05, 0) is 33.6 Å². The van der Waals surface area contributed by atoms with Crippen molar-refractivity contribution in [1.82, 2.24) is 0 Å². The molecule has 0 aromatic heterocycles. The van der Waals surface area contributed by atoms with Crippen molar-refractivity contribution in [3.63, 3.8) is 0 Å². The summed E-state index contributed by atoms with van der Waals surface area (Å²) in [6.07, 6.45) is 0. The van der Waals surface area contributed by atoms with E-state index < -0.39 is 34.1 Å². The third kappa shape index (κ3) is 2.25. The first-order valence-electron chi connectivity index (χ1n) is 7.04. The van der Waals surface area contributed by atoms with Gasteiger partial charge in [0.1, 0.15) is 5.92 Å². The molecule has 1 fully saturated rings. The number of ketones is 4. The first-order valence-corrected chi connectivity index (χ1v) is 7.04. The Bertz CT molecular complexity index is 453. The van der Waals surface area contributed by atoms with Crippen LogP contribution >= 0.6 is 0 Å². The van der Waals surface area contributed by atoms with Gasteiger partial charge in [-0.15, -0.1) is 0 Å². The molecule has 0 bridgehead atoms. The SMILES string of the molecule is CC(C)C(C)C(=O)C1C(=O)C(C)(C)C(=O)C(C)(C)C1=O. The van der Waals surface area contributed by atoms with Crippen molar-refractivity contribution in [1.29, 1.82) is 0 Å². The van der Waals surface area contributed by atoms with E-state index in [1.807, 2.05) is 13.8 Å². The van der Waals surface area contributed by atoms with Gasteiger partial charge in [0.05, 0.1) is 10.8 Å². The maximum Gasteiger partial charge on any atom is 0.163 e. The van der Waals surface area contributed by atoms with Crippen LogP contribution in [0.25, 0.3) is 0 Å². The van der Waals surface area contributed by atoms with Crippen molar-refractivity contribution < 1.29 is 19.2 Å². The van der Waals surface area contributed by atoms with Crippen LogP contribution in [0.3, 0.4) is 0 Å². The van der Waals surface area contributed by atoms with Crippen molar-refractivity contribution in [3.8, 4) is 0 Å². The van der Waals surface area contributed by atoms with Gasteiger partial charge in [-0.3, -0.25) is 19.2 Å². The highest BCUT2D eigenvalue weighted by Gasteiger charge is 2.60. The highest BCUT2D eigenvalue weighted by atomic mass is 16.2. The van der Waals surface area contributed by atoms with Gasteiger partial charge in [0.2, 0.25) is 0 Å². The molecule has 0 saturated heterocycles. The molecule has 0 radical (unpaired) electrons. The number of rotatable bonds is 3. The van der Waals surface area contributed by atoms with E-state index in [2.05, 4.69) is 0 Å². The molecule has 0 amide bonds. The molecular weight excluding hydrogens is 256 g/mol. The van der Waals surface area contributed by atoms with Crippen LogP contribution in [0.15, 0.2) is 0 Å². The normalized spacial score (nSPS) is 24.1. The van der Waals surface area contributed by atoms with Crippen LogP contribution < -0.4 is 0 Å². The molecule has 0 aliphatic heterocycles. The summed E-state index contributed by atoms with van der Waals surface area (Å²) in [5.41, 5.74) is -2.57. The van der Waals surface area contributed by atoms with E-state index in [1.165, 1.54) is 27.7 Å². The molecule has 4 heteroatoms. The molecule has 112 valence electrons. The predicted molar refractivity (Wildman–Crippen MR) is 75.1 cm³/mol. The molecule has 1 atom stereocenters. The molecule has 0 N–H and O–H groups in total. The van der Waals surface area contributed by atoms with E-state index in [0.717, 1.165) is 0 Å². The Morgan fingerprint density at radius 1 is 0.900 bits per heavy atom. The minimum atomic E-state index is -1.30. The zero-order valence-corrected chi connectivity index (χ0v) is 13.4. The van der Waals surface area contributed by atoms with Gasteiger partial charge in [0.15, 0.2) is 23.1 Å². The minimum Gasteiger partial charge on any atom is -0.298 e. The fraction of sp³-hybridized carbons (Fsp3) is 0.750. The van der Waals surface area contributed by atoms with Gasteiger partial charge >= 0.3 is 0 Å². The molecule has 1 rings (SSSR count). The van der Waals surface area contributed by atoms with E-state index in [0.29, 0.717) is 0 Å². The average molecular weight is 280 g/mol. The van der Waals surface area contributed by atoms with E-state index >= 15 is 0 Å². The summed E-state index contributed by atoms with van der Waals surface area (Å²) in [5.74, 6) is -3.49. The van der Waals surface area contributed by atoms with Crippen LogP contribution in [0, 0.1) is 28.6 Å². The Morgan fingerprint density at radius 2 is 1.25 bits per heavy atom. The molecule has 0 spiro atoms. The second-order valence-electron chi connectivity index (χ2n) is 7.18. The third-order valence-electron chi connectivity index (χ3n) is 4.62. The van der Waals surface area contributed by atoms with Crippen LogP contribution in [0.2, 0.25) is 0 Å². The molecule has 1 aliphatic carbocycles. The van der Waals surface area contributed by atoms with Crippen LogP contribution in [-0.4, -0.2) is 23.1 Å². The maximum atomic E-state index is 12.5. The maximum absolute atomic E-state index is 12.5. The third-order valence-corrected chi connectivity index (χ3v) is 4.62. The molecule has 0 aromatic rings. The lowest BCUT2D eigenvalue weighted by Gasteiger charge is -2.40. The lowest BCUT2D eigenvalue weighted by atomic mass is 9.57. The Balaban J connectivity index is 3.33. The van der Waals surface area contributed by atoms with Crippen molar-refractivity contribution in [2.45, 2.75) is 48.5 Å². The summed E-state index contributed by atoms with van der Waals surface area (Å²) < 4.78 is 0. The largest absolute Gasteiger partial charge is 0.298 e. The molecule has 1 saturated carbocycles. The van der Waals surface area contributed by atoms with Crippen molar-refractivity contribution in [2.75, 3.05) is 0 Å². The molecule has 1 unspecified atom stereocenters. The molecule has 20 heavy (non-hydrogen) atoms. The average Bonchev–Trinajstić information content (AvgIpc) is 2.34. The molecular formula is C16H24O4. The summed E-state index contributed by atoms with van der Waals surface area (Å²) >= 11 is 0. The predicted octanol–water partition coefficient (Wildman–Crippen LogP) is 2.24. The van der Waals surface area contributed by atoms with E-state index in [-0.39, 0.29) is 17.6 Å². The second-order valence-corrected chi connectivity index (χ2v) is 7.18. The van der Waals surface area contributed by atoms with Crippen molar-refractivity contribution >= 4 is 23.1 Å². The molecule has 0 heterocycles. The minimum absolute atomic E-state index is 0.0481. The van der Waals surface area contributed by atoms with Crippen LogP contribution in [0.5, 0.6) is 0 Å². The highest BCUT2D eigenvalue weighted by Crippen LogP contribution is 2.42. The Morgan fingerprint density at radius 3 is 1.55 bits per heavy atom. The van der Waals surface area contributed by atoms with Gasteiger partial charge in [-0.2, -0.15) is 0 Å². The van der Waals surface area contributed by atoms with Gasteiger partial charge in [0.25, 0.3) is 0 Å². The number of hydrogen-bond donors (Lipinski definition) is 0. The topological polar surface area (TPSA) is 68.3 Å². The quantitative estimate of drug-likeness (QED) is 0.743. The summed E-state index contributed by atoms with van der Waals surface area (Å²) in [6, 6.07) is 0. The Kier molecular flexibility index (Phi) is 4.10. The molecule has 0 aromatic carbocycles. The van der Waals surface area contributed by atoms with Gasteiger partial charge in [-0.1, -0.05) is 20.8 Å². The first-order chi connectivity index (χ1) is 8.86. The number of carbonyl (C=O) groups excluding carboxylic acids is 4. The summed E-state index contributed by atoms with van der Waals surface area (Å²) in [7, 11) is 0. The number of hydrogen-bond acceptors (Lipinski definition) is 4. The van der Waals surface area contributed by atoms with Crippen LogP contribution in [0.4, 0.5) is 0 Å². The van der Waals surface area contributed by atoms with Crippen molar-refractivity contribution in [2.24, 2.45) is 28.6 Å². The van der Waals surface area contributed by atoms with Gasteiger partial charge < -0.3 is 0 Å². The monoisotopic (exact) mass is 280 g/mol. The second kappa shape index (κ2) is 4.90. The summed E-state index contributed by atoms with van der Waals surface area (Å²) in [5, 5.41) is 0. The van der Waals surface area contributed by atoms with E-state index in [4.69, 9.17) is 0 Å². The number of carbonyl (C=O) groups is 4. The summed E-state index contributed by atoms with van der Waals surface area (Å²) in [4.78, 5) is 49.7. The Labute approximate surface area is 120 Å². The zero-order valence-electron chi connectivity index (χ0n) is 13.4.